The van der Waals surface area contributed by atoms with Crippen molar-refractivity contribution in [2.24, 2.45) is 0 Å². The van der Waals surface area contributed by atoms with Gasteiger partial charge < -0.3 is 14.1 Å². The summed E-state index contributed by atoms with van der Waals surface area (Å²) < 4.78 is 10.8. The third kappa shape index (κ3) is 2.77. The Morgan fingerprint density at radius 1 is 1.24 bits per heavy atom. The van der Waals surface area contributed by atoms with E-state index in [0.29, 0.717) is 41.1 Å². The highest BCUT2D eigenvalue weighted by Gasteiger charge is 2.20. The van der Waals surface area contributed by atoms with E-state index in [1.54, 1.807) is 24.0 Å². The molecule has 0 aliphatic rings. The Labute approximate surface area is 123 Å². The summed E-state index contributed by atoms with van der Waals surface area (Å²) in [5.41, 5.74) is 0.493. The van der Waals surface area contributed by atoms with E-state index in [1.165, 1.54) is 13.2 Å². The molecule has 0 aliphatic carbocycles. The van der Waals surface area contributed by atoms with Crippen LogP contribution >= 0.6 is 0 Å². The van der Waals surface area contributed by atoms with Gasteiger partial charge >= 0.3 is 0 Å². The lowest BCUT2D eigenvalue weighted by molar-refractivity contribution is 0.0773. The minimum Gasteiger partial charge on any atom is -0.497 e. The van der Waals surface area contributed by atoms with Crippen LogP contribution in [-0.2, 0) is 0 Å². The Bertz CT molecular complexity index is 729. The highest BCUT2D eigenvalue weighted by molar-refractivity contribution is 6.05. The number of carbonyl (C=O) groups is 1. The molecule has 0 atom stereocenters. The Kier molecular flexibility index (Phi) is 4.31. The van der Waals surface area contributed by atoms with Crippen LogP contribution < -0.4 is 10.2 Å². The zero-order valence-corrected chi connectivity index (χ0v) is 12.7. The van der Waals surface area contributed by atoms with Gasteiger partial charge in [0.1, 0.15) is 11.5 Å². The van der Waals surface area contributed by atoms with Gasteiger partial charge in [-0.1, -0.05) is 0 Å². The summed E-state index contributed by atoms with van der Waals surface area (Å²) in [6.45, 7) is 6.68. The van der Waals surface area contributed by atoms with Crippen molar-refractivity contribution in [1.82, 2.24) is 4.90 Å². The van der Waals surface area contributed by atoms with Crippen molar-refractivity contribution in [2.45, 2.75) is 20.8 Å². The van der Waals surface area contributed by atoms with Crippen LogP contribution in [0, 0.1) is 6.92 Å². The highest BCUT2D eigenvalue weighted by Crippen LogP contribution is 2.25. The monoisotopic (exact) mass is 289 g/mol. The molecule has 5 nitrogen and oxygen atoms in total. The summed E-state index contributed by atoms with van der Waals surface area (Å²) in [5, 5.41) is 0.357. The molecule has 0 spiro atoms. The maximum absolute atomic E-state index is 12.6. The average Bonchev–Trinajstić information content (AvgIpc) is 2.47. The molecule has 1 heterocycles. The topological polar surface area (TPSA) is 59.8 Å². The standard InChI is InChI=1S/C16H19NO4/c1-5-17(6-2)16(19)13-9-11(20-4)8-12-14(18)7-10(3)21-15(12)13/h7-9H,5-6H2,1-4H3. The van der Waals surface area contributed by atoms with Gasteiger partial charge in [-0.3, -0.25) is 9.59 Å². The molecule has 0 bridgehead atoms. The second kappa shape index (κ2) is 5.99. The maximum Gasteiger partial charge on any atom is 0.257 e. The van der Waals surface area contributed by atoms with Crippen LogP contribution in [0.1, 0.15) is 30.0 Å². The lowest BCUT2D eigenvalue weighted by Gasteiger charge is -2.19. The fraction of sp³-hybridized carbons (Fsp3) is 0.375. The van der Waals surface area contributed by atoms with Crippen molar-refractivity contribution in [3.63, 3.8) is 0 Å². The predicted molar refractivity (Wildman–Crippen MR) is 81.0 cm³/mol. The fourth-order valence-corrected chi connectivity index (χ4v) is 2.31. The molecule has 2 aromatic rings. The van der Waals surface area contributed by atoms with Gasteiger partial charge in [-0.25, -0.2) is 0 Å². The molecular weight excluding hydrogens is 270 g/mol. The van der Waals surface area contributed by atoms with Crippen LogP contribution in [0.25, 0.3) is 11.0 Å². The van der Waals surface area contributed by atoms with E-state index in [-0.39, 0.29) is 11.3 Å². The number of hydrogen-bond acceptors (Lipinski definition) is 4. The first-order chi connectivity index (χ1) is 10.0. The van der Waals surface area contributed by atoms with E-state index in [0.717, 1.165) is 0 Å². The number of nitrogens with zero attached hydrogens (tertiary/aromatic N) is 1. The number of benzene rings is 1. The summed E-state index contributed by atoms with van der Waals surface area (Å²) in [6, 6.07) is 4.62. The molecule has 1 amide bonds. The molecule has 5 heteroatoms. The number of hydrogen-bond donors (Lipinski definition) is 0. The molecular formula is C16H19NO4. The largest absolute Gasteiger partial charge is 0.497 e. The molecule has 2 rings (SSSR count). The van der Waals surface area contributed by atoms with Crippen molar-refractivity contribution < 1.29 is 13.9 Å². The number of aryl methyl sites for hydroxylation is 1. The highest BCUT2D eigenvalue weighted by atomic mass is 16.5. The summed E-state index contributed by atoms with van der Waals surface area (Å²) in [5.74, 6) is 0.776. The van der Waals surface area contributed by atoms with Gasteiger partial charge in [0.05, 0.1) is 18.1 Å². The first-order valence-electron chi connectivity index (χ1n) is 6.93. The quantitative estimate of drug-likeness (QED) is 0.868. The van der Waals surface area contributed by atoms with Crippen LogP contribution in [-0.4, -0.2) is 31.0 Å². The van der Waals surface area contributed by atoms with Crippen molar-refractivity contribution in [3.05, 3.63) is 39.7 Å². The number of methoxy groups -OCH3 is 1. The Hall–Kier alpha value is -2.30. The van der Waals surface area contributed by atoms with Gasteiger partial charge in [-0.2, -0.15) is 0 Å². The molecule has 21 heavy (non-hydrogen) atoms. The van der Waals surface area contributed by atoms with Crippen molar-refractivity contribution >= 4 is 16.9 Å². The van der Waals surface area contributed by atoms with Gasteiger partial charge in [0, 0.05) is 19.2 Å². The van der Waals surface area contributed by atoms with Gasteiger partial charge in [0.15, 0.2) is 11.0 Å². The maximum atomic E-state index is 12.6. The Morgan fingerprint density at radius 2 is 1.90 bits per heavy atom. The number of carbonyl (C=O) groups excluding carboxylic acids is 1. The molecule has 0 saturated heterocycles. The summed E-state index contributed by atoms with van der Waals surface area (Å²) in [7, 11) is 1.50. The van der Waals surface area contributed by atoms with E-state index >= 15 is 0 Å². The molecule has 0 N–H and O–H groups in total. The second-order valence-electron chi connectivity index (χ2n) is 4.75. The summed E-state index contributed by atoms with van der Waals surface area (Å²) >= 11 is 0. The molecule has 0 fully saturated rings. The number of ether oxygens (including phenoxy) is 1. The molecule has 0 unspecified atom stereocenters. The van der Waals surface area contributed by atoms with Crippen molar-refractivity contribution in [2.75, 3.05) is 20.2 Å². The van der Waals surface area contributed by atoms with Crippen molar-refractivity contribution in [3.8, 4) is 5.75 Å². The fourth-order valence-electron chi connectivity index (χ4n) is 2.31. The number of rotatable bonds is 4. The molecule has 1 aromatic heterocycles. The lowest BCUT2D eigenvalue weighted by atomic mass is 10.1. The van der Waals surface area contributed by atoms with Gasteiger partial charge in [-0.05, 0) is 32.9 Å². The zero-order chi connectivity index (χ0) is 15.6. The van der Waals surface area contributed by atoms with E-state index in [1.807, 2.05) is 13.8 Å². The predicted octanol–water partition coefficient (Wildman–Crippen LogP) is 2.59. The first kappa shape index (κ1) is 15.1. The lowest BCUT2D eigenvalue weighted by Crippen LogP contribution is -2.30. The molecule has 0 radical (unpaired) electrons. The third-order valence-electron chi connectivity index (χ3n) is 3.44. The smallest absolute Gasteiger partial charge is 0.257 e. The molecule has 0 aliphatic heterocycles. The first-order valence-corrected chi connectivity index (χ1v) is 6.93. The summed E-state index contributed by atoms with van der Waals surface area (Å²) in [6.07, 6.45) is 0. The van der Waals surface area contributed by atoms with E-state index in [4.69, 9.17) is 9.15 Å². The van der Waals surface area contributed by atoms with Crippen LogP contribution in [0.2, 0.25) is 0 Å². The van der Waals surface area contributed by atoms with Crippen LogP contribution in [0.4, 0.5) is 0 Å². The molecule has 112 valence electrons. The molecule has 1 aromatic carbocycles. The Balaban J connectivity index is 2.77. The van der Waals surface area contributed by atoms with Crippen molar-refractivity contribution in [1.29, 1.82) is 0 Å². The average molecular weight is 289 g/mol. The third-order valence-corrected chi connectivity index (χ3v) is 3.44. The SMILES string of the molecule is CCN(CC)C(=O)c1cc(OC)cc2c(=O)cc(C)oc12. The van der Waals surface area contributed by atoms with E-state index in [9.17, 15) is 9.59 Å². The minimum absolute atomic E-state index is 0.169. The summed E-state index contributed by atoms with van der Waals surface area (Å²) in [4.78, 5) is 26.4. The van der Waals surface area contributed by atoms with Crippen LogP contribution in [0.3, 0.4) is 0 Å². The van der Waals surface area contributed by atoms with Crippen LogP contribution in [0.15, 0.2) is 27.4 Å². The van der Waals surface area contributed by atoms with Crippen LogP contribution in [0.5, 0.6) is 5.75 Å². The number of amides is 1. The van der Waals surface area contributed by atoms with E-state index in [2.05, 4.69) is 0 Å². The second-order valence-corrected chi connectivity index (χ2v) is 4.75. The number of fused-ring (bicyclic) bond motifs is 1. The van der Waals surface area contributed by atoms with E-state index < -0.39 is 0 Å². The molecule has 0 saturated carbocycles. The zero-order valence-electron chi connectivity index (χ0n) is 12.7. The van der Waals surface area contributed by atoms with Gasteiger partial charge in [0.25, 0.3) is 5.91 Å². The normalized spacial score (nSPS) is 10.7. The van der Waals surface area contributed by atoms with Gasteiger partial charge in [0.2, 0.25) is 0 Å². The van der Waals surface area contributed by atoms with Gasteiger partial charge in [-0.15, -0.1) is 0 Å². The minimum atomic E-state index is -0.179. The Morgan fingerprint density at radius 3 is 2.48 bits per heavy atom.